The Bertz CT molecular complexity index is 233. The van der Waals surface area contributed by atoms with E-state index in [4.69, 9.17) is 0 Å². The van der Waals surface area contributed by atoms with Crippen LogP contribution in [0.25, 0.3) is 0 Å². The summed E-state index contributed by atoms with van der Waals surface area (Å²) in [7, 11) is 0. The van der Waals surface area contributed by atoms with Gasteiger partial charge in [-0.25, -0.2) is 0 Å². The molecule has 3 rings (SSSR count). The standard InChI is InChI=1S/C14H20/c1-3-7-11-12(8-4-1)14-10-6-2-5-9-13(11)14/h1-10H2. The van der Waals surface area contributed by atoms with E-state index >= 15 is 0 Å². The normalized spacial score (nSPS) is 27.4. The van der Waals surface area contributed by atoms with Gasteiger partial charge in [0, 0.05) is 0 Å². The summed E-state index contributed by atoms with van der Waals surface area (Å²) in [5.41, 5.74) is 7.28. The van der Waals surface area contributed by atoms with E-state index in [1.165, 1.54) is 64.2 Å². The van der Waals surface area contributed by atoms with Crippen LogP contribution in [0.2, 0.25) is 0 Å². The molecule has 0 nitrogen and oxygen atoms in total. The first-order valence-electron chi connectivity index (χ1n) is 6.41. The molecule has 0 saturated carbocycles. The predicted octanol–water partition coefficient (Wildman–Crippen LogP) is 4.52. The summed E-state index contributed by atoms with van der Waals surface area (Å²) in [6.45, 7) is 0. The van der Waals surface area contributed by atoms with Crippen LogP contribution in [-0.4, -0.2) is 0 Å². The summed E-state index contributed by atoms with van der Waals surface area (Å²) in [6.07, 6.45) is 14.4. The lowest BCUT2D eigenvalue weighted by molar-refractivity contribution is 0.693. The van der Waals surface area contributed by atoms with E-state index < -0.39 is 0 Å². The van der Waals surface area contributed by atoms with E-state index in [2.05, 4.69) is 0 Å². The molecular formula is C14H20. The maximum Gasteiger partial charge on any atom is -0.0273 e. The van der Waals surface area contributed by atoms with E-state index in [0.717, 1.165) is 0 Å². The molecule has 0 unspecified atom stereocenters. The maximum absolute atomic E-state index is 1.82. The second kappa shape index (κ2) is 3.56. The summed E-state index contributed by atoms with van der Waals surface area (Å²) in [5.74, 6) is 0. The quantitative estimate of drug-likeness (QED) is 0.524. The second-order valence-electron chi connectivity index (χ2n) is 5.04. The van der Waals surface area contributed by atoms with Crippen molar-refractivity contribution in [3.05, 3.63) is 22.3 Å². The highest BCUT2D eigenvalue weighted by atomic mass is 14.3. The van der Waals surface area contributed by atoms with Gasteiger partial charge in [-0.05, 0) is 73.7 Å². The highest BCUT2D eigenvalue weighted by Crippen LogP contribution is 2.48. The molecule has 0 saturated heterocycles. The fourth-order valence-corrected chi connectivity index (χ4v) is 3.43. The van der Waals surface area contributed by atoms with Gasteiger partial charge in [-0.15, -0.1) is 0 Å². The average Bonchev–Trinajstić information content (AvgIpc) is 2.49. The summed E-state index contributed by atoms with van der Waals surface area (Å²) in [4.78, 5) is 0. The molecule has 0 aromatic heterocycles. The van der Waals surface area contributed by atoms with E-state index in [0.29, 0.717) is 0 Å². The third-order valence-corrected chi connectivity index (χ3v) is 4.16. The largest absolute Gasteiger partial charge is 0.0527 e. The monoisotopic (exact) mass is 188 g/mol. The zero-order chi connectivity index (χ0) is 9.38. The Morgan fingerprint density at radius 3 is 0.929 bits per heavy atom. The van der Waals surface area contributed by atoms with Crippen molar-refractivity contribution in [1.82, 2.24) is 0 Å². The van der Waals surface area contributed by atoms with Gasteiger partial charge in [-0.3, -0.25) is 0 Å². The molecule has 0 N–H and O–H groups in total. The molecule has 0 fully saturated rings. The van der Waals surface area contributed by atoms with Crippen LogP contribution in [0, 0.1) is 0 Å². The van der Waals surface area contributed by atoms with Crippen molar-refractivity contribution in [2.24, 2.45) is 0 Å². The summed E-state index contributed by atoms with van der Waals surface area (Å²) >= 11 is 0. The highest BCUT2D eigenvalue weighted by molar-refractivity contribution is 5.60. The zero-order valence-electron chi connectivity index (χ0n) is 9.07. The van der Waals surface area contributed by atoms with E-state index in [1.807, 2.05) is 22.3 Å². The van der Waals surface area contributed by atoms with Crippen molar-refractivity contribution in [3.63, 3.8) is 0 Å². The van der Waals surface area contributed by atoms with Crippen molar-refractivity contribution in [2.75, 3.05) is 0 Å². The SMILES string of the molecule is C1CCC2=C(CC1)C1=C2CCCCC1. The van der Waals surface area contributed by atoms with Crippen LogP contribution in [0.5, 0.6) is 0 Å². The van der Waals surface area contributed by atoms with Crippen LogP contribution in [0.1, 0.15) is 64.2 Å². The van der Waals surface area contributed by atoms with Gasteiger partial charge in [0.1, 0.15) is 0 Å². The fraction of sp³-hybridized carbons (Fsp3) is 0.714. The van der Waals surface area contributed by atoms with Gasteiger partial charge in [-0.1, -0.05) is 12.8 Å². The average molecular weight is 188 g/mol. The molecule has 14 heavy (non-hydrogen) atoms. The predicted molar refractivity (Wildman–Crippen MR) is 60.2 cm³/mol. The van der Waals surface area contributed by atoms with Crippen LogP contribution in [0.3, 0.4) is 0 Å². The minimum absolute atomic E-state index is 1.41. The summed E-state index contributed by atoms with van der Waals surface area (Å²) < 4.78 is 0. The van der Waals surface area contributed by atoms with Gasteiger partial charge in [0.2, 0.25) is 0 Å². The maximum atomic E-state index is 1.82. The van der Waals surface area contributed by atoms with Gasteiger partial charge < -0.3 is 0 Å². The topological polar surface area (TPSA) is 0 Å². The highest BCUT2D eigenvalue weighted by Gasteiger charge is 2.29. The molecule has 0 atom stereocenters. The van der Waals surface area contributed by atoms with Crippen LogP contribution in [0.4, 0.5) is 0 Å². The molecule has 0 aliphatic heterocycles. The van der Waals surface area contributed by atoms with Gasteiger partial charge >= 0.3 is 0 Å². The van der Waals surface area contributed by atoms with Crippen LogP contribution < -0.4 is 0 Å². The lowest BCUT2D eigenvalue weighted by atomic mass is 9.75. The fourth-order valence-electron chi connectivity index (χ4n) is 3.43. The number of rotatable bonds is 0. The van der Waals surface area contributed by atoms with Crippen molar-refractivity contribution in [1.29, 1.82) is 0 Å². The minimum atomic E-state index is 1.41. The number of hydrogen-bond acceptors (Lipinski definition) is 0. The zero-order valence-corrected chi connectivity index (χ0v) is 9.07. The Morgan fingerprint density at radius 2 is 0.643 bits per heavy atom. The molecule has 0 aromatic rings. The Labute approximate surface area is 87.1 Å². The number of hydrogen-bond donors (Lipinski definition) is 0. The first kappa shape index (κ1) is 8.76. The van der Waals surface area contributed by atoms with E-state index in [1.54, 1.807) is 0 Å². The Balaban J connectivity index is 1.84. The van der Waals surface area contributed by atoms with E-state index in [9.17, 15) is 0 Å². The molecule has 3 aliphatic carbocycles. The molecule has 0 spiro atoms. The number of allylic oxidation sites excluding steroid dienone is 4. The molecular weight excluding hydrogens is 168 g/mol. The van der Waals surface area contributed by atoms with Crippen LogP contribution in [0.15, 0.2) is 22.3 Å². The van der Waals surface area contributed by atoms with Crippen molar-refractivity contribution < 1.29 is 0 Å². The van der Waals surface area contributed by atoms with Crippen molar-refractivity contribution >= 4 is 0 Å². The molecule has 0 aromatic carbocycles. The Hall–Kier alpha value is -0.520. The lowest BCUT2D eigenvalue weighted by Gasteiger charge is -2.29. The summed E-state index contributed by atoms with van der Waals surface area (Å²) in [5, 5.41) is 0. The first-order chi connectivity index (χ1) is 6.97. The Kier molecular flexibility index (Phi) is 2.23. The lowest BCUT2D eigenvalue weighted by Crippen LogP contribution is -2.10. The van der Waals surface area contributed by atoms with E-state index in [-0.39, 0.29) is 0 Å². The smallest absolute Gasteiger partial charge is 0.0273 e. The molecule has 0 bridgehead atoms. The molecule has 0 amide bonds. The minimum Gasteiger partial charge on any atom is -0.0527 e. The van der Waals surface area contributed by atoms with Gasteiger partial charge in [-0.2, -0.15) is 0 Å². The summed E-state index contributed by atoms with van der Waals surface area (Å²) in [6, 6.07) is 0. The molecule has 3 aliphatic rings. The Morgan fingerprint density at radius 1 is 0.357 bits per heavy atom. The van der Waals surface area contributed by atoms with Gasteiger partial charge in [0.05, 0.1) is 0 Å². The van der Waals surface area contributed by atoms with Crippen molar-refractivity contribution in [2.45, 2.75) is 64.2 Å². The molecule has 0 heterocycles. The van der Waals surface area contributed by atoms with Crippen molar-refractivity contribution in [3.8, 4) is 0 Å². The molecule has 0 heteroatoms. The molecule has 76 valence electrons. The number of fused-ring (bicyclic) bond motifs is 2. The second-order valence-corrected chi connectivity index (χ2v) is 5.04. The first-order valence-corrected chi connectivity index (χ1v) is 6.41. The third kappa shape index (κ3) is 1.27. The molecule has 0 radical (unpaired) electrons. The third-order valence-electron chi connectivity index (χ3n) is 4.16. The van der Waals surface area contributed by atoms with Gasteiger partial charge in [0.15, 0.2) is 0 Å². The van der Waals surface area contributed by atoms with Gasteiger partial charge in [0.25, 0.3) is 0 Å². The van der Waals surface area contributed by atoms with Crippen LogP contribution >= 0.6 is 0 Å². The van der Waals surface area contributed by atoms with Crippen LogP contribution in [-0.2, 0) is 0 Å².